The molecule has 1 atom stereocenters. The van der Waals surface area contributed by atoms with Gasteiger partial charge in [-0.1, -0.05) is 18.5 Å². The summed E-state index contributed by atoms with van der Waals surface area (Å²) in [5, 5.41) is 9.13. The molecule has 82 valence electrons. The zero-order valence-corrected chi connectivity index (χ0v) is 9.09. The molecule has 0 amide bonds. The van der Waals surface area contributed by atoms with Crippen molar-refractivity contribution in [3.05, 3.63) is 34.6 Å². The van der Waals surface area contributed by atoms with Crippen molar-refractivity contribution in [1.82, 2.24) is 0 Å². The van der Waals surface area contributed by atoms with Gasteiger partial charge in [0.15, 0.2) is 0 Å². The molecule has 0 aromatic heterocycles. The summed E-state index contributed by atoms with van der Waals surface area (Å²) >= 11 is 5.71. The quantitative estimate of drug-likeness (QED) is 0.863. The maximum atomic E-state index is 13.2. The van der Waals surface area contributed by atoms with Crippen molar-refractivity contribution in [2.24, 2.45) is 5.92 Å². The molecular formula is C11H12ClFO2. The first-order valence-electron chi connectivity index (χ1n) is 4.67. The summed E-state index contributed by atoms with van der Waals surface area (Å²) in [5.41, 5.74) is 0.468. The highest BCUT2D eigenvalue weighted by molar-refractivity contribution is 6.30. The van der Waals surface area contributed by atoms with E-state index in [4.69, 9.17) is 16.7 Å². The Hall–Kier alpha value is -1.09. The Bertz CT molecular complexity index is 366. The minimum absolute atomic E-state index is 0.336. The zero-order chi connectivity index (χ0) is 11.4. The lowest BCUT2D eigenvalue weighted by molar-refractivity contribution is -0.141. The smallest absolute Gasteiger partial charge is 0.306 e. The number of carboxylic acids is 1. The highest BCUT2D eigenvalue weighted by Gasteiger charge is 2.12. The van der Waals surface area contributed by atoms with Crippen LogP contribution >= 0.6 is 11.6 Å². The van der Waals surface area contributed by atoms with Crippen LogP contribution in [0, 0.1) is 11.7 Å². The second-order valence-corrected chi connectivity index (χ2v) is 3.95. The summed E-state index contributed by atoms with van der Waals surface area (Å²) in [6, 6.07) is 4.30. The van der Waals surface area contributed by atoms with E-state index in [0.717, 1.165) is 0 Å². The topological polar surface area (TPSA) is 37.3 Å². The van der Waals surface area contributed by atoms with Crippen molar-refractivity contribution >= 4 is 17.6 Å². The van der Waals surface area contributed by atoms with Gasteiger partial charge in [-0.2, -0.15) is 0 Å². The number of aryl methyl sites for hydroxylation is 1. The molecule has 0 aliphatic rings. The molecule has 1 aromatic rings. The van der Waals surface area contributed by atoms with Gasteiger partial charge in [-0.3, -0.25) is 4.79 Å². The molecule has 4 heteroatoms. The van der Waals surface area contributed by atoms with Gasteiger partial charge in [0.1, 0.15) is 5.82 Å². The van der Waals surface area contributed by atoms with Crippen LogP contribution in [-0.2, 0) is 11.2 Å². The molecule has 0 radical (unpaired) electrons. The van der Waals surface area contributed by atoms with Gasteiger partial charge >= 0.3 is 5.97 Å². The number of rotatable bonds is 4. The normalized spacial score (nSPS) is 12.5. The van der Waals surface area contributed by atoms with Crippen LogP contribution in [0.4, 0.5) is 4.39 Å². The fourth-order valence-electron chi connectivity index (χ4n) is 1.23. The Morgan fingerprint density at radius 2 is 2.27 bits per heavy atom. The Labute approximate surface area is 92.7 Å². The van der Waals surface area contributed by atoms with Crippen LogP contribution < -0.4 is 0 Å². The predicted molar refractivity (Wildman–Crippen MR) is 56.5 cm³/mol. The number of hydrogen-bond donors (Lipinski definition) is 1. The summed E-state index contributed by atoms with van der Waals surface area (Å²) in [5.74, 6) is -1.67. The van der Waals surface area contributed by atoms with E-state index < -0.39 is 11.9 Å². The van der Waals surface area contributed by atoms with Gasteiger partial charge in [0.2, 0.25) is 0 Å². The van der Waals surface area contributed by atoms with Gasteiger partial charge in [-0.05, 0) is 36.6 Å². The fourth-order valence-corrected chi connectivity index (χ4v) is 1.43. The molecule has 0 aliphatic carbocycles. The standard InChI is InChI=1S/C11H12ClFO2/c1-7(11(14)15)2-3-8-6-9(12)4-5-10(8)13/h4-7H,2-3H2,1H3,(H,14,15). The van der Waals surface area contributed by atoms with Crippen molar-refractivity contribution < 1.29 is 14.3 Å². The maximum absolute atomic E-state index is 13.2. The van der Waals surface area contributed by atoms with E-state index in [1.807, 2.05) is 0 Å². The van der Waals surface area contributed by atoms with Crippen LogP contribution in [0.1, 0.15) is 18.9 Å². The van der Waals surface area contributed by atoms with E-state index in [1.165, 1.54) is 18.2 Å². The maximum Gasteiger partial charge on any atom is 0.306 e. The molecule has 0 spiro atoms. The molecule has 1 aromatic carbocycles. The average Bonchev–Trinajstić information content (AvgIpc) is 2.18. The molecule has 1 N–H and O–H groups in total. The van der Waals surface area contributed by atoms with Crippen molar-refractivity contribution in [3.8, 4) is 0 Å². The second-order valence-electron chi connectivity index (χ2n) is 3.51. The van der Waals surface area contributed by atoms with Crippen molar-refractivity contribution in [2.75, 3.05) is 0 Å². The van der Waals surface area contributed by atoms with Gasteiger partial charge < -0.3 is 5.11 Å². The molecule has 0 bridgehead atoms. The van der Waals surface area contributed by atoms with Crippen molar-refractivity contribution in [1.29, 1.82) is 0 Å². The summed E-state index contributed by atoms with van der Waals surface area (Å²) < 4.78 is 13.2. The van der Waals surface area contributed by atoms with Gasteiger partial charge in [0.25, 0.3) is 0 Å². The number of carboxylic acid groups (broad SMARTS) is 1. The molecule has 2 nitrogen and oxygen atoms in total. The summed E-state index contributed by atoms with van der Waals surface area (Å²) in [4.78, 5) is 10.6. The van der Waals surface area contributed by atoms with Crippen molar-refractivity contribution in [2.45, 2.75) is 19.8 Å². The van der Waals surface area contributed by atoms with Crippen LogP contribution in [0.3, 0.4) is 0 Å². The van der Waals surface area contributed by atoms with Gasteiger partial charge in [-0.25, -0.2) is 4.39 Å². The average molecular weight is 231 g/mol. The largest absolute Gasteiger partial charge is 0.481 e. The first-order chi connectivity index (χ1) is 7.00. The lowest BCUT2D eigenvalue weighted by Crippen LogP contribution is -2.10. The van der Waals surface area contributed by atoms with Gasteiger partial charge in [-0.15, -0.1) is 0 Å². The Morgan fingerprint density at radius 3 is 2.87 bits per heavy atom. The molecule has 0 fully saturated rings. The van der Waals surface area contributed by atoms with Crippen LogP contribution in [0.15, 0.2) is 18.2 Å². The highest BCUT2D eigenvalue weighted by atomic mass is 35.5. The molecule has 1 rings (SSSR count). The summed E-state index contributed by atoms with van der Waals surface area (Å²) in [6.07, 6.45) is 0.798. The number of carbonyl (C=O) groups is 1. The molecule has 0 heterocycles. The van der Waals surface area contributed by atoms with Gasteiger partial charge in [0.05, 0.1) is 5.92 Å². The lowest BCUT2D eigenvalue weighted by atomic mass is 10.0. The Balaban J connectivity index is 2.65. The molecule has 0 aliphatic heterocycles. The molecule has 15 heavy (non-hydrogen) atoms. The number of aliphatic carboxylic acids is 1. The highest BCUT2D eigenvalue weighted by Crippen LogP contribution is 2.18. The minimum Gasteiger partial charge on any atom is -0.481 e. The predicted octanol–water partition coefficient (Wildman–Crippen LogP) is 3.13. The van der Waals surface area contributed by atoms with E-state index in [9.17, 15) is 9.18 Å². The zero-order valence-electron chi connectivity index (χ0n) is 8.34. The third kappa shape index (κ3) is 3.51. The molecule has 0 saturated carbocycles. The van der Waals surface area contributed by atoms with E-state index in [-0.39, 0.29) is 5.82 Å². The van der Waals surface area contributed by atoms with E-state index in [0.29, 0.717) is 23.4 Å². The van der Waals surface area contributed by atoms with Crippen LogP contribution in [-0.4, -0.2) is 11.1 Å². The van der Waals surface area contributed by atoms with Crippen LogP contribution in [0.2, 0.25) is 5.02 Å². The minimum atomic E-state index is -0.863. The summed E-state index contributed by atoms with van der Waals surface area (Å²) in [6.45, 7) is 1.60. The third-order valence-electron chi connectivity index (χ3n) is 2.28. The first-order valence-corrected chi connectivity index (χ1v) is 5.05. The van der Waals surface area contributed by atoms with Crippen molar-refractivity contribution in [3.63, 3.8) is 0 Å². The third-order valence-corrected chi connectivity index (χ3v) is 2.51. The number of hydrogen-bond acceptors (Lipinski definition) is 1. The molecular weight excluding hydrogens is 219 g/mol. The number of benzene rings is 1. The van der Waals surface area contributed by atoms with Gasteiger partial charge in [0, 0.05) is 5.02 Å². The fraction of sp³-hybridized carbons (Fsp3) is 0.364. The summed E-state index contributed by atoms with van der Waals surface area (Å²) in [7, 11) is 0. The van der Waals surface area contributed by atoms with Crippen LogP contribution in [0.25, 0.3) is 0 Å². The monoisotopic (exact) mass is 230 g/mol. The first kappa shape index (κ1) is 12.0. The SMILES string of the molecule is CC(CCc1cc(Cl)ccc1F)C(=O)O. The number of halogens is 2. The molecule has 1 unspecified atom stereocenters. The second kappa shape index (κ2) is 5.12. The lowest BCUT2D eigenvalue weighted by Gasteiger charge is -2.07. The van der Waals surface area contributed by atoms with E-state index in [2.05, 4.69) is 0 Å². The molecule has 0 saturated heterocycles. The Morgan fingerprint density at radius 1 is 1.60 bits per heavy atom. The van der Waals surface area contributed by atoms with Crippen LogP contribution in [0.5, 0.6) is 0 Å². The van der Waals surface area contributed by atoms with E-state index >= 15 is 0 Å². The van der Waals surface area contributed by atoms with E-state index in [1.54, 1.807) is 6.92 Å². The Kier molecular flexibility index (Phi) is 4.09.